The molecule has 20 heavy (non-hydrogen) atoms. The van der Waals surface area contributed by atoms with Crippen LogP contribution in [0.25, 0.3) is 5.78 Å². The van der Waals surface area contributed by atoms with Gasteiger partial charge in [-0.2, -0.15) is 14.6 Å². The lowest BCUT2D eigenvalue weighted by atomic mass is 10.0. The average molecular weight is 277 g/mol. The van der Waals surface area contributed by atoms with Crippen molar-refractivity contribution in [3.8, 4) is 0 Å². The zero-order chi connectivity index (χ0) is 14.5. The minimum absolute atomic E-state index is 0.219. The molecular formula is C13H19N5O2. The molecule has 0 aliphatic rings. The first-order valence-electron chi connectivity index (χ1n) is 6.82. The van der Waals surface area contributed by atoms with E-state index >= 15 is 0 Å². The predicted molar refractivity (Wildman–Crippen MR) is 74.4 cm³/mol. The van der Waals surface area contributed by atoms with Gasteiger partial charge in [0.05, 0.1) is 5.69 Å². The number of fused-ring (bicyclic) bond motifs is 1. The molecule has 0 saturated heterocycles. The van der Waals surface area contributed by atoms with Crippen LogP contribution in [0, 0.1) is 0 Å². The van der Waals surface area contributed by atoms with Crippen LogP contribution in [-0.4, -0.2) is 30.7 Å². The third-order valence-corrected chi connectivity index (χ3v) is 3.30. The summed E-state index contributed by atoms with van der Waals surface area (Å²) in [7, 11) is 0. The standard InChI is InChI=1S/C13H19N5O2/c1-2-10-9(6-4-3-5-7-11(19)20)12(14)18-13(17-10)15-8-16-18/h8H,2-7,14H2,1H3,(H,19,20). The molecule has 0 aliphatic heterocycles. The van der Waals surface area contributed by atoms with Gasteiger partial charge in [-0.3, -0.25) is 4.79 Å². The van der Waals surface area contributed by atoms with Crippen LogP contribution in [0.4, 0.5) is 5.82 Å². The maximum absolute atomic E-state index is 10.5. The minimum Gasteiger partial charge on any atom is -0.481 e. The second kappa shape index (κ2) is 6.31. The Kier molecular flexibility index (Phi) is 4.49. The van der Waals surface area contributed by atoms with Gasteiger partial charge in [0.15, 0.2) is 0 Å². The number of nitrogen functional groups attached to an aromatic ring is 1. The summed E-state index contributed by atoms with van der Waals surface area (Å²) in [5.41, 5.74) is 8.08. The van der Waals surface area contributed by atoms with Gasteiger partial charge in [-0.25, -0.2) is 4.98 Å². The number of anilines is 1. The second-order valence-corrected chi connectivity index (χ2v) is 4.70. The largest absolute Gasteiger partial charge is 0.481 e. The molecular weight excluding hydrogens is 258 g/mol. The molecule has 0 radical (unpaired) electrons. The van der Waals surface area contributed by atoms with Crippen LogP contribution >= 0.6 is 0 Å². The predicted octanol–water partition coefficient (Wildman–Crippen LogP) is 1.46. The molecule has 0 amide bonds. The third kappa shape index (κ3) is 3.04. The fraction of sp³-hybridized carbons (Fsp3) is 0.538. The summed E-state index contributed by atoms with van der Waals surface area (Å²) in [4.78, 5) is 19.0. The highest BCUT2D eigenvalue weighted by Gasteiger charge is 2.13. The van der Waals surface area contributed by atoms with E-state index in [0.717, 1.165) is 36.9 Å². The van der Waals surface area contributed by atoms with Gasteiger partial charge in [-0.05, 0) is 25.7 Å². The highest BCUT2D eigenvalue weighted by molar-refractivity contribution is 5.66. The summed E-state index contributed by atoms with van der Waals surface area (Å²) < 4.78 is 1.55. The first-order chi connectivity index (χ1) is 9.63. The smallest absolute Gasteiger partial charge is 0.303 e. The minimum atomic E-state index is -0.746. The van der Waals surface area contributed by atoms with Crippen molar-refractivity contribution < 1.29 is 9.90 Å². The Morgan fingerprint density at radius 3 is 2.90 bits per heavy atom. The van der Waals surface area contributed by atoms with E-state index in [1.807, 2.05) is 6.92 Å². The molecule has 7 heteroatoms. The van der Waals surface area contributed by atoms with Gasteiger partial charge in [-0.1, -0.05) is 13.3 Å². The zero-order valence-corrected chi connectivity index (χ0v) is 11.5. The molecule has 0 bridgehead atoms. The molecule has 7 nitrogen and oxygen atoms in total. The number of carbonyl (C=O) groups is 1. The van der Waals surface area contributed by atoms with Crippen LogP contribution in [0.3, 0.4) is 0 Å². The molecule has 2 aromatic rings. The number of aromatic nitrogens is 4. The SMILES string of the molecule is CCc1nc2ncnn2c(N)c1CCCCCC(=O)O. The summed E-state index contributed by atoms with van der Waals surface area (Å²) in [6, 6.07) is 0. The first-order valence-corrected chi connectivity index (χ1v) is 6.82. The van der Waals surface area contributed by atoms with E-state index < -0.39 is 5.97 Å². The molecule has 0 atom stereocenters. The van der Waals surface area contributed by atoms with Crippen LogP contribution in [0.5, 0.6) is 0 Å². The fourth-order valence-corrected chi connectivity index (χ4v) is 2.27. The van der Waals surface area contributed by atoms with Gasteiger partial charge in [0.2, 0.25) is 0 Å². The van der Waals surface area contributed by atoms with Gasteiger partial charge < -0.3 is 10.8 Å². The van der Waals surface area contributed by atoms with E-state index in [0.29, 0.717) is 18.0 Å². The first kappa shape index (κ1) is 14.2. The highest BCUT2D eigenvalue weighted by atomic mass is 16.4. The summed E-state index contributed by atoms with van der Waals surface area (Å²) in [5, 5.41) is 12.7. The van der Waals surface area contributed by atoms with Crippen LogP contribution in [0.15, 0.2) is 6.33 Å². The van der Waals surface area contributed by atoms with Gasteiger partial charge in [0.25, 0.3) is 5.78 Å². The average Bonchev–Trinajstić information content (AvgIpc) is 2.88. The zero-order valence-electron chi connectivity index (χ0n) is 11.5. The van der Waals surface area contributed by atoms with Crippen LogP contribution < -0.4 is 5.73 Å². The summed E-state index contributed by atoms with van der Waals surface area (Å²) in [6.45, 7) is 2.03. The lowest BCUT2D eigenvalue weighted by Gasteiger charge is -2.11. The lowest BCUT2D eigenvalue weighted by molar-refractivity contribution is -0.137. The van der Waals surface area contributed by atoms with Gasteiger partial charge in [0.1, 0.15) is 12.1 Å². The molecule has 108 valence electrons. The number of carboxylic acids is 1. The second-order valence-electron chi connectivity index (χ2n) is 4.70. The Morgan fingerprint density at radius 2 is 2.20 bits per heavy atom. The number of carboxylic acid groups (broad SMARTS) is 1. The normalized spacial score (nSPS) is 11.1. The van der Waals surface area contributed by atoms with E-state index in [9.17, 15) is 4.79 Å². The van der Waals surface area contributed by atoms with Crippen molar-refractivity contribution in [3.63, 3.8) is 0 Å². The number of nitrogens with zero attached hydrogens (tertiary/aromatic N) is 4. The number of aryl methyl sites for hydroxylation is 1. The van der Waals surface area contributed by atoms with Crippen molar-refractivity contribution in [2.75, 3.05) is 5.73 Å². The molecule has 3 N–H and O–H groups in total. The monoisotopic (exact) mass is 277 g/mol. The Bertz CT molecular complexity index is 608. The van der Waals surface area contributed by atoms with Crippen LogP contribution in [0.2, 0.25) is 0 Å². The fourth-order valence-electron chi connectivity index (χ4n) is 2.27. The van der Waals surface area contributed by atoms with E-state index in [2.05, 4.69) is 15.1 Å². The third-order valence-electron chi connectivity index (χ3n) is 3.30. The molecule has 0 aromatic carbocycles. The van der Waals surface area contributed by atoms with Crippen molar-refractivity contribution >= 4 is 17.6 Å². The quantitative estimate of drug-likeness (QED) is 0.742. The van der Waals surface area contributed by atoms with Crippen molar-refractivity contribution in [2.45, 2.75) is 45.4 Å². The molecule has 2 aromatic heterocycles. The Labute approximate surface area is 116 Å². The summed E-state index contributed by atoms with van der Waals surface area (Å²) in [5.74, 6) is 0.362. The molecule has 0 unspecified atom stereocenters. The Hall–Kier alpha value is -2.18. The Balaban J connectivity index is 2.08. The van der Waals surface area contributed by atoms with Crippen LogP contribution in [-0.2, 0) is 17.6 Å². The number of unbranched alkanes of at least 4 members (excludes halogenated alkanes) is 2. The van der Waals surface area contributed by atoms with Gasteiger partial charge in [0, 0.05) is 12.0 Å². The van der Waals surface area contributed by atoms with Gasteiger partial charge >= 0.3 is 5.97 Å². The molecule has 0 saturated carbocycles. The van der Waals surface area contributed by atoms with Crippen molar-refractivity contribution in [3.05, 3.63) is 17.6 Å². The maximum Gasteiger partial charge on any atom is 0.303 e. The van der Waals surface area contributed by atoms with E-state index in [1.165, 1.54) is 6.33 Å². The summed E-state index contributed by atoms with van der Waals surface area (Å²) >= 11 is 0. The molecule has 0 fully saturated rings. The van der Waals surface area contributed by atoms with Crippen molar-refractivity contribution in [1.29, 1.82) is 0 Å². The highest BCUT2D eigenvalue weighted by Crippen LogP contribution is 2.20. The number of hydrogen-bond acceptors (Lipinski definition) is 5. The number of hydrogen-bond donors (Lipinski definition) is 2. The number of nitrogens with two attached hydrogens (primary N) is 1. The Morgan fingerprint density at radius 1 is 1.40 bits per heavy atom. The maximum atomic E-state index is 10.5. The van der Waals surface area contributed by atoms with E-state index in [4.69, 9.17) is 10.8 Å². The van der Waals surface area contributed by atoms with Crippen LogP contribution in [0.1, 0.15) is 43.9 Å². The van der Waals surface area contributed by atoms with E-state index in [-0.39, 0.29) is 6.42 Å². The van der Waals surface area contributed by atoms with Gasteiger partial charge in [-0.15, -0.1) is 0 Å². The molecule has 0 spiro atoms. The van der Waals surface area contributed by atoms with Crippen molar-refractivity contribution in [1.82, 2.24) is 19.6 Å². The lowest BCUT2D eigenvalue weighted by Crippen LogP contribution is -2.10. The summed E-state index contributed by atoms with van der Waals surface area (Å²) in [6.07, 6.45) is 5.69. The topological polar surface area (TPSA) is 106 Å². The molecule has 2 rings (SSSR count). The number of aliphatic carboxylic acids is 1. The van der Waals surface area contributed by atoms with E-state index in [1.54, 1.807) is 4.52 Å². The molecule has 2 heterocycles. The number of rotatable bonds is 7. The molecule has 0 aliphatic carbocycles. The van der Waals surface area contributed by atoms with Crippen molar-refractivity contribution in [2.24, 2.45) is 0 Å².